The average Bonchev–Trinajstić information content (AvgIpc) is 2.67. The lowest BCUT2D eigenvalue weighted by Gasteiger charge is -2.26. The van der Waals surface area contributed by atoms with Gasteiger partial charge in [0.15, 0.2) is 5.13 Å². The Kier molecular flexibility index (Phi) is 2.43. The van der Waals surface area contributed by atoms with Crippen molar-refractivity contribution in [2.75, 3.05) is 31.1 Å². The number of aromatic nitrogens is 1. The first-order valence-electron chi connectivity index (χ1n) is 4.22. The van der Waals surface area contributed by atoms with Gasteiger partial charge in [-0.2, -0.15) is 5.26 Å². The smallest absolute Gasteiger partial charge is 0.186 e. The maximum atomic E-state index is 8.64. The van der Waals surface area contributed by atoms with Crippen LogP contribution in [0.15, 0.2) is 6.20 Å². The van der Waals surface area contributed by atoms with Gasteiger partial charge in [-0.25, -0.2) is 4.98 Å². The first-order valence-corrected chi connectivity index (χ1v) is 5.03. The average molecular weight is 194 g/mol. The van der Waals surface area contributed by atoms with E-state index in [2.05, 4.69) is 21.3 Å². The normalized spacial score (nSPS) is 17.0. The van der Waals surface area contributed by atoms with E-state index < -0.39 is 0 Å². The van der Waals surface area contributed by atoms with Crippen molar-refractivity contribution in [1.82, 2.24) is 10.3 Å². The van der Waals surface area contributed by atoms with Crippen LogP contribution in [0, 0.1) is 11.3 Å². The molecule has 0 saturated carbocycles. The Morgan fingerprint density at radius 1 is 1.54 bits per heavy atom. The molecule has 0 spiro atoms. The van der Waals surface area contributed by atoms with Crippen LogP contribution in [0.25, 0.3) is 0 Å². The summed E-state index contributed by atoms with van der Waals surface area (Å²) in [4.78, 5) is 7.10. The summed E-state index contributed by atoms with van der Waals surface area (Å²) in [6, 6.07) is 2.10. The number of anilines is 1. The second-order valence-corrected chi connectivity index (χ2v) is 3.87. The molecule has 4 nitrogen and oxygen atoms in total. The molecule has 1 saturated heterocycles. The third kappa shape index (κ3) is 1.79. The van der Waals surface area contributed by atoms with E-state index in [1.165, 1.54) is 11.3 Å². The highest BCUT2D eigenvalue weighted by Gasteiger charge is 2.13. The first kappa shape index (κ1) is 8.48. The largest absolute Gasteiger partial charge is 0.346 e. The lowest BCUT2D eigenvalue weighted by atomic mass is 10.4. The fourth-order valence-electron chi connectivity index (χ4n) is 1.32. The van der Waals surface area contributed by atoms with Gasteiger partial charge in [0.05, 0.1) is 6.20 Å². The summed E-state index contributed by atoms with van der Waals surface area (Å²) in [6.07, 6.45) is 1.64. The van der Waals surface area contributed by atoms with Crippen molar-refractivity contribution in [2.45, 2.75) is 0 Å². The van der Waals surface area contributed by atoms with Gasteiger partial charge >= 0.3 is 0 Å². The molecule has 0 aliphatic carbocycles. The molecule has 0 atom stereocenters. The van der Waals surface area contributed by atoms with E-state index >= 15 is 0 Å². The molecule has 0 amide bonds. The zero-order valence-corrected chi connectivity index (χ0v) is 7.97. The van der Waals surface area contributed by atoms with Crippen molar-refractivity contribution >= 4 is 16.5 Å². The quantitative estimate of drug-likeness (QED) is 0.704. The van der Waals surface area contributed by atoms with Gasteiger partial charge < -0.3 is 10.2 Å². The number of nitriles is 1. The number of rotatable bonds is 1. The topological polar surface area (TPSA) is 52.0 Å². The van der Waals surface area contributed by atoms with Crippen LogP contribution in [-0.4, -0.2) is 31.2 Å². The first-order chi connectivity index (χ1) is 6.40. The molecule has 5 heteroatoms. The molecule has 0 unspecified atom stereocenters. The van der Waals surface area contributed by atoms with Gasteiger partial charge in [-0.05, 0) is 0 Å². The molecular weight excluding hydrogens is 184 g/mol. The number of hydrogen-bond acceptors (Lipinski definition) is 5. The van der Waals surface area contributed by atoms with Gasteiger partial charge in [-0.3, -0.25) is 0 Å². The third-order valence-electron chi connectivity index (χ3n) is 1.99. The molecule has 68 valence electrons. The van der Waals surface area contributed by atoms with Crippen LogP contribution in [0.5, 0.6) is 0 Å². The third-order valence-corrected chi connectivity index (χ3v) is 2.95. The minimum atomic E-state index is 0.688. The van der Waals surface area contributed by atoms with E-state index in [4.69, 9.17) is 5.26 Å². The van der Waals surface area contributed by atoms with Crippen molar-refractivity contribution < 1.29 is 0 Å². The maximum Gasteiger partial charge on any atom is 0.186 e. The van der Waals surface area contributed by atoms with E-state index in [1.807, 2.05) is 0 Å². The highest BCUT2D eigenvalue weighted by molar-refractivity contribution is 7.16. The monoisotopic (exact) mass is 194 g/mol. The molecular formula is C8H10N4S. The van der Waals surface area contributed by atoms with E-state index in [0.717, 1.165) is 31.3 Å². The number of piperazine rings is 1. The van der Waals surface area contributed by atoms with Crippen LogP contribution in [0.1, 0.15) is 4.88 Å². The molecule has 1 aliphatic rings. The van der Waals surface area contributed by atoms with Crippen LogP contribution in [0.2, 0.25) is 0 Å². The predicted octanol–water partition coefficient (Wildman–Crippen LogP) is 0.424. The molecule has 1 N–H and O–H groups in total. The molecule has 1 aromatic rings. The minimum absolute atomic E-state index is 0.688. The second kappa shape index (κ2) is 3.73. The summed E-state index contributed by atoms with van der Waals surface area (Å²) in [7, 11) is 0. The zero-order chi connectivity index (χ0) is 9.10. The Morgan fingerprint density at radius 3 is 2.92 bits per heavy atom. The van der Waals surface area contributed by atoms with Crippen LogP contribution in [0.4, 0.5) is 5.13 Å². The van der Waals surface area contributed by atoms with Crippen molar-refractivity contribution in [2.24, 2.45) is 0 Å². The Morgan fingerprint density at radius 2 is 2.31 bits per heavy atom. The van der Waals surface area contributed by atoms with Gasteiger partial charge in [0, 0.05) is 26.2 Å². The summed E-state index contributed by atoms with van der Waals surface area (Å²) in [5, 5.41) is 12.9. The van der Waals surface area contributed by atoms with E-state index in [9.17, 15) is 0 Å². The van der Waals surface area contributed by atoms with Crippen molar-refractivity contribution in [3.8, 4) is 6.07 Å². The number of thiazole rings is 1. The maximum absolute atomic E-state index is 8.64. The van der Waals surface area contributed by atoms with Crippen molar-refractivity contribution in [3.63, 3.8) is 0 Å². The Labute approximate surface area is 80.8 Å². The number of hydrogen-bond donors (Lipinski definition) is 1. The molecule has 0 bridgehead atoms. The Bertz CT molecular complexity index is 321. The molecule has 1 fully saturated rings. The molecule has 2 rings (SSSR count). The van der Waals surface area contributed by atoms with E-state index in [0.29, 0.717) is 4.88 Å². The fraction of sp³-hybridized carbons (Fsp3) is 0.500. The van der Waals surface area contributed by atoms with Crippen LogP contribution in [-0.2, 0) is 0 Å². The summed E-state index contributed by atoms with van der Waals surface area (Å²) in [5.41, 5.74) is 0. The molecule has 0 aromatic carbocycles. The van der Waals surface area contributed by atoms with Crippen molar-refractivity contribution in [1.29, 1.82) is 5.26 Å². The molecule has 1 aromatic heterocycles. The lowest BCUT2D eigenvalue weighted by Crippen LogP contribution is -2.43. The lowest BCUT2D eigenvalue weighted by molar-refractivity contribution is 0.588. The summed E-state index contributed by atoms with van der Waals surface area (Å²) in [6.45, 7) is 3.97. The van der Waals surface area contributed by atoms with E-state index in [-0.39, 0.29) is 0 Å². The van der Waals surface area contributed by atoms with Crippen molar-refractivity contribution in [3.05, 3.63) is 11.1 Å². The van der Waals surface area contributed by atoms with Gasteiger partial charge in [0.2, 0.25) is 0 Å². The molecule has 1 aliphatic heterocycles. The second-order valence-electron chi connectivity index (χ2n) is 2.86. The van der Waals surface area contributed by atoms with Crippen LogP contribution >= 0.6 is 11.3 Å². The van der Waals surface area contributed by atoms with E-state index in [1.54, 1.807) is 6.20 Å². The van der Waals surface area contributed by atoms with Gasteiger partial charge in [-0.15, -0.1) is 0 Å². The predicted molar refractivity (Wildman–Crippen MR) is 51.9 cm³/mol. The van der Waals surface area contributed by atoms with Crippen LogP contribution in [0.3, 0.4) is 0 Å². The minimum Gasteiger partial charge on any atom is -0.346 e. The zero-order valence-electron chi connectivity index (χ0n) is 7.16. The molecule has 2 heterocycles. The summed E-state index contributed by atoms with van der Waals surface area (Å²) >= 11 is 1.47. The summed E-state index contributed by atoms with van der Waals surface area (Å²) in [5.74, 6) is 0. The summed E-state index contributed by atoms with van der Waals surface area (Å²) < 4.78 is 0. The number of nitrogens with zero attached hydrogens (tertiary/aromatic N) is 3. The Hall–Kier alpha value is -1.12. The molecule has 0 radical (unpaired) electrons. The SMILES string of the molecule is N#Cc1cnc(N2CCNCC2)s1. The van der Waals surface area contributed by atoms with Gasteiger partial charge in [-0.1, -0.05) is 11.3 Å². The van der Waals surface area contributed by atoms with Crippen LogP contribution < -0.4 is 10.2 Å². The highest BCUT2D eigenvalue weighted by atomic mass is 32.1. The molecule has 13 heavy (non-hydrogen) atoms. The standard InChI is InChI=1S/C8H10N4S/c9-5-7-6-11-8(13-7)12-3-1-10-2-4-12/h6,10H,1-4H2. The number of nitrogens with one attached hydrogen (secondary N) is 1. The van der Waals surface area contributed by atoms with Gasteiger partial charge in [0.1, 0.15) is 10.9 Å². The van der Waals surface area contributed by atoms with Gasteiger partial charge in [0.25, 0.3) is 0 Å². The fourth-order valence-corrected chi connectivity index (χ4v) is 2.08. The Balaban J connectivity index is 2.11. The highest BCUT2D eigenvalue weighted by Crippen LogP contribution is 2.21.